The summed E-state index contributed by atoms with van der Waals surface area (Å²) in [6.45, 7) is 0.279. The van der Waals surface area contributed by atoms with Crippen LogP contribution in [-0.4, -0.2) is 4.98 Å². The monoisotopic (exact) mass is 309 g/mol. The average molecular weight is 309 g/mol. The third-order valence-corrected chi connectivity index (χ3v) is 0.907. The van der Waals surface area contributed by atoms with Crippen molar-refractivity contribution in [2.24, 2.45) is 0 Å². The van der Waals surface area contributed by atoms with Crippen LogP contribution in [0, 0.1) is 14.9 Å². The third kappa shape index (κ3) is 12.3. The molecule has 13 heavy (non-hydrogen) atoms. The van der Waals surface area contributed by atoms with Crippen LogP contribution in [0.3, 0.4) is 0 Å². The van der Waals surface area contributed by atoms with Gasteiger partial charge in [0.25, 0.3) is 0 Å². The van der Waals surface area contributed by atoms with Crippen molar-refractivity contribution in [2.75, 3.05) is 0 Å². The minimum Gasteiger partial charge on any atom is -0.672 e. The molecule has 5 heteroatoms. The Morgan fingerprint density at radius 1 is 1.31 bits per heavy atom. The molecule has 2 nitrogen and oxygen atoms in total. The van der Waals surface area contributed by atoms with E-state index < -0.39 is 0 Å². The second-order valence-electron chi connectivity index (χ2n) is 1.55. The predicted octanol–water partition coefficient (Wildman–Crippen LogP) is 3.91. The SMILES string of the molecule is [CH3-].[CH3-].[Cl][Ru][Cl].[NH-]Cc1ccccn1. The Bertz CT molecular complexity index is 173. The molecule has 0 aliphatic carbocycles. The smallest absolute Gasteiger partial charge is 0.0270 e. The van der Waals surface area contributed by atoms with E-state index in [0.717, 1.165) is 5.69 Å². The molecule has 0 aliphatic heterocycles. The Labute approximate surface area is 96.5 Å². The van der Waals surface area contributed by atoms with E-state index in [-0.39, 0.29) is 36.5 Å². The minimum absolute atomic E-state index is 0. The van der Waals surface area contributed by atoms with Gasteiger partial charge in [0.15, 0.2) is 0 Å². The van der Waals surface area contributed by atoms with Crippen molar-refractivity contribution in [3.63, 3.8) is 0 Å². The molecular formula is C8H13Cl2N2Ru-3. The molecule has 1 rings (SSSR count). The van der Waals surface area contributed by atoms with Crippen LogP contribution in [0.5, 0.6) is 0 Å². The summed E-state index contributed by atoms with van der Waals surface area (Å²) < 4.78 is 0. The topological polar surface area (TPSA) is 36.7 Å². The number of hydrogen-bond donors (Lipinski definition) is 0. The summed E-state index contributed by atoms with van der Waals surface area (Å²) in [6, 6.07) is 5.57. The van der Waals surface area contributed by atoms with E-state index >= 15 is 0 Å². The largest absolute Gasteiger partial charge is 0.672 e. The van der Waals surface area contributed by atoms with E-state index in [4.69, 9.17) is 25.1 Å². The number of pyridine rings is 1. The van der Waals surface area contributed by atoms with Gasteiger partial charge >= 0.3 is 34.5 Å². The fourth-order valence-electron chi connectivity index (χ4n) is 0.503. The maximum atomic E-state index is 6.88. The normalized spacial score (nSPS) is 7.31. The standard InChI is InChI=1S/C6H7N2.2CH3.2ClH.Ru/c7-5-6-3-1-2-4-8-6;;;;;/h1-4,7H,5H2;2*1H3;2*1H;/q3*-1;;;+2/p-2. The first-order valence-electron chi connectivity index (χ1n) is 2.74. The van der Waals surface area contributed by atoms with E-state index in [2.05, 4.69) is 4.98 Å². The van der Waals surface area contributed by atoms with E-state index in [1.807, 2.05) is 18.2 Å². The molecule has 0 spiro atoms. The van der Waals surface area contributed by atoms with Crippen molar-refractivity contribution < 1.29 is 15.1 Å². The Balaban J connectivity index is -0.000000180. The van der Waals surface area contributed by atoms with Crippen LogP contribution in [0.4, 0.5) is 0 Å². The minimum atomic E-state index is -0.346. The Morgan fingerprint density at radius 2 is 1.85 bits per heavy atom. The van der Waals surface area contributed by atoms with E-state index in [0.29, 0.717) is 0 Å². The fraction of sp³-hybridized carbons (Fsp3) is 0.125. The van der Waals surface area contributed by atoms with Gasteiger partial charge in [-0.3, -0.25) is 4.98 Å². The third-order valence-electron chi connectivity index (χ3n) is 0.907. The molecule has 0 bridgehead atoms. The van der Waals surface area contributed by atoms with Gasteiger partial charge in [0, 0.05) is 11.9 Å². The van der Waals surface area contributed by atoms with Gasteiger partial charge in [-0.15, -0.1) is 6.54 Å². The molecular weight excluding hydrogens is 296 g/mol. The van der Waals surface area contributed by atoms with Gasteiger partial charge in [-0.25, -0.2) is 0 Å². The number of nitrogens with zero attached hydrogens (tertiary/aromatic N) is 1. The van der Waals surface area contributed by atoms with Crippen LogP contribution in [0.15, 0.2) is 24.4 Å². The first kappa shape index (κ1) is 19.0. The molecule has 1 aromatic heterocycles. The first-order valence-corrected chi connectivity index (χ1v) is 7.22. The molecule has 0 saturated carbocycles. The quantitative estimate of drug-likeness (QED) is 0.572. The van der Waals surface area contributed by atoms with Crippen LogP contribution < -0.4 is 0 Å². The van der Waals surface area contributed by atoms with Crippen molar-refractivity contribution in [1.29, 1.82) is 0 Å². The maximum Gasteiger partial charge on any atom is 0.0270 e. The first-order chi connectivity index (χ1) is 5.35. The van der Waals surface area contributed by atoms with Gasteiger partial charge in [0.05, 0.1) is 0 Å². The molecule has 0 radical (unpaired) electrons. The summed E-state index contributed by atoms with van der Waals surface area (Å²) in [4.78, 5) is 3.91. The van der Waals surface area contributed by atoms with Gasteiger partial charge < -0.3 is 20.6 Å². The molecule has 1 N–H and O–H groups in total. The van der Waals surface area contributed by atoms with Gasteiger partial charge in [-0.2, -0.15) is 0 Å². The molecule has 0 unspecified atom stereocenters. The van der Waals surface area contributed by atoms with Crippen LogP contribution in [0.2, 0.25) is 0 Å². The van der Waals surface area contributed by atoms with E-state index in [1.54, 1.807) is 6.20 Å². The van der Waals surface area contributed by atoms with Crippen molar-refractivity contribution in [1.82, 2.24) is 4.98 Å². The zero-order valence-corrected chi connectivity index (χ0v) is 10.8. The summed E-state index contributed by atoms with van der Waals surface area (Å²) in [5.74, 6) is 0. The summed E-state index contributed by atoms with van der Waals surface area (Å²) in [7, 11) is 9.71. The molecule has 0 saturated heterocycles. The Kier molecular flexibility index (Phi) is 21.6. The number of aromatic nitrogens is 1. The molecule has 0 atom stereocenters. The maximum absolute atomic E-state index is 6.88. The Hall–Kier alpha value is 0.313. The van der Waals surface area contributed by atoms with Gasteiger partial charge in [0.2, 0.25) is 0 Å². The number of rotatable bonds is 1. The van der Waals surface area contributed by atoms with Crippen LogP contribution in [-0.2, 0) is 21.7 Å². The van der Waals surface area contributed by atoms with Gasteiger partial charge in [-0.1, -0.05) is 6.07 Å². The van der Waals surface area contributed by atoms with Crippen LogP contribution in [0.1, 0.15) is 5.69 Å². The van der Waals surface area contributed by atoms with Gasteiger partial charge in [-0.05, 0) is 12.1 Å². The van der Waals surface area contributed by atoms with Crippen molar-refractivity contribution in [3.05, 3.63) is 50.7 Å². The van der Waals surface area contributed by atoms with Crippen molar-refractivity contribution in [2.45, 2.75) is 6.54 Å². The molecule has 0 amide bonds. The average Bonchev–Trinajstić information content (AvgIpc) is 2.08. The second-order valence-corrected chi connectivity index (χ2v) is 4.19. The molecule has 80 valence electrons. The molecule has 0 aromatic carbocycles. The molecule has 0 fully saturated rings. The molecule has 0 aliphatic rings. The number of nitrogens with one attached hydrogen (secondary N) is 1. The predicted molar refractivity (Wildman–Crippen MR) is 56.8 cm³/mol. The summed E-state index contributed by atoms with van der Waals surface area (Å²) >= 11 is -0.346. The Morgan fingerprint density at radius 3 is 2.08 bits per heavy atom. The summed E-state index contributed by atoms with van der Waals surface area (Å²) in [6.07, 6.45) is 1.70. The second kappa shape index (κ2) is 14.8. The fourth-order valence-corrected chi connectivity index (χ4v) is 0.503. The number of halogens is 2. The van der Waals surface area contributed by atoms with Crippen molar-refractivity contribution >= 4 is 19.4 Å². The van der Waals surface area contributed by atoms with Crippen LogP contribution >= 0.6 is 19.4 Å². The summed E-state index contributed by atoms with van der Waals surface area (Å²) in [5.41, 5.74) is 7.71. The molecule has 1 aromatic rings. The van der Waals surface area contributed by atoms with E-state index in [9.17, 15) is 0 Å². The van der Waals surface area contributed by atoms with Crippen LogP contribution in [0.25, 0.3) is 5.73 Å². The zero-order valence-electron chi connectivity index (χ0n) is 7.57. The number of hydrogen-bond acceptors (Lipinski definition) is 1. The summed E-state index contributed by atoms with van der Waals surface area (Å²) in [5, 5.41) is 0. The van der Waals surface area contributed by atoms with Crippen molar-refractivity contribution in [3.8, 4) is 0 Å². The zero-order chi connectivity index (χ0) is 8.53. The molecule has 1 heterocycles. The van der Waals surface area contributed by atoms with E-state index in [1.165, 1.54) is 0 Å². The van der Waals surface area contributed by atoms with Gasteiger partial charge in [0.1, 0.15) is 0 Å².